The van der Waals surface area contributed by atoms with Crippen molar-refractivity contribution >= 4 is 41.5 Å². The van der Waals surface area contributed by atoms with Gasteiger partial charge in [-0.25, -0.2) is 4.98 Å². The SMILES string of the molecule is CN=C(NCC(=O)N1CCCc2ccccc21)N(C)Cc1ncc(-c2ccccc2)[nH]1.I. The van der Waals surface area contributed by atoms with Gasteiger partial charge in [0.15, 0.2) is 5.96 Å². The summed E-state index contributed by atoms with van der Waals surface area (Å²) in [6.45, 7) is 1.49. The molecule has 32 heavy (non-hydrogen) atoms. The van der Waals surface area contributed by atoms with Gasteiger partial charge in [-0.3, -0.25) is 9.79 Å². The molecule has 0 bridgehead atoms. The number of aliphatic imine (C=N–C) groups is 1. The van der Waals surface area contributed by atoms with E-state index in [4.69, 9.17) is 0 Å². The van der Waals surface area contributed by atoms with Crippen LogP contribution in [0.5, 0.6) is 0 Å². The Balaban J connectivity index is 0.00000289. The number of aromatic amines is 1. The molecule has 0 radical (unpaired) electrons. The van der Waals surface area contributed by atoms with Gasteiger partial charge in [0.05, 0.1) is 25.0 Å². The minimum absolute atomic E-state index is 0. The summed E-state index contributed by atoms with van der Waals surface area (Å²) in [5, 5.41) is 3.20. The number of H-pyrrole nitrogens is 1. The zero-order valence-corrected chi connectivity index (χ0v) is 20.7. The third kappa shape index (κ3) is 5.48. The highest BCUT2D eigenvalue weighted by Crippen LogP contribution is 2.26. The Labute approximate surface area is 206 Å². The first kappa shape index (κ1) is 23.8. The third-order valence-corrected chi connectivity index (χ3v) is 5.48. The molecule has 0 unspecified atom stereocenters. The van der Waals surface area contributed by atoms with Crippen molar-refractivity contribution in [2.24, 2.45) is 4.99 Å². The van der Waals surface area contributed by atoms with Crippen LogP contribution < -0.4 is 10.2 Å². The summed E-state index contributed by atoms with van der Waals surface area (Å²) in [6, 6.07) is 18.2. The Morgan fingerprint density at radius 1 is 1.19 bits per heavy atom. The molecule has 0 aliphatic carbocycles. The van der Waals surface area contributed by atoms with Gasteiger partial charge in [0.2, 0.25) is 5.91 Å². The molecule has 4 rings (SSSR count). The van der Waals surface area contributed by atoms with Gasteiger partial charge in [0.25, 0.3) is 0 Å². The number of para-hydroxylation sites is 1. The van der Waals surface area contributed by atoms with Gasteiger partial charge in [-0.05, 0) is 30.0 Å². The number of anilines is 1. The van der Waals surface area contributed by atoms with Crippen LogP contribution in [0, 0.1) is 0 Å². The van der Waals surface area contributed by atoms with E-state index < -0.39 is 0 Å². The molecule has 0 fully saturated rings. The van der Waals surface area contributed by atoms with E-state index >= 15 is 0 Å². The number of hydrogen-bond acceptors (Lipinski definition) is 3. The van der Waals surface area contributed by atoms with Gasteiger partial charge in [-0.2, -0.15) is 0 Å². The molecule has 1 amide bonds. The maximum atomic E-state index is 12.9. The van der Waals surface area contributed by atoms with E-state index in [1.807, 2.05) is 71.6 Å². The molecular formula is C24H29IN6O. The number of halogens is 1. The smallest absolute Gasteiger partial charge is 0.246 e. The molecule has 0 atom stereocenters. The predicted molar refractivity (Wildman–Crippen MR) is 139 cm³/mol. The number of fused-ring (bicyclic) bond motifs is 1. The Morgan fingerprint density at radius 2 is 1.94 bits per heavy atom. The van der Waals surface area contributed by atoms with E-state index in [-0.39, 0.29) is 36.4 Å². The summed E-state index contributed by atoms with van der Waals surface area (Å²) >= 11 is 0. The average Bonchev–Trinajstić information content (AvgIpc) is 3.28. The van der Waals surface area contributed by atoms with Crippen molar-refractivity contribution in [2.75, 3.05) is 32.1 Å². The molecule has 0 saturated heterocycles. The number of aromatic nitrogens is 2. The van der Waals surface area contributed by atoms with Crippen molar-refractivity contribution < 1.29 is 4.79 Å². The van der Waals surface area contributed by atoms with Crippen LogP contribution in [-0.2, 0) is 17.8 Å². The summed E-state index contributed by atoms with van der Waals surface area (Å²) in [7, 11) is 3.65. The molecule has 168 valence electrons. The highest BCUT2D eigenvalue weighted by atomic mass is 127. The maximum Gasteiger partial charge on any atom is 0.246 e. The van der Waals surface area contributed by atoms with Crippen molar-refractivity contribution in [3.63, 3.8) is 0 Å². The van der Waals surface area contributed by atoms with Crippen LogP contribution >= 0.6 is 24.0 Å². The van der Waals surface area contributed by atoms with E-state index in [1.54, 1.807) is 7.05 Å². The lowest BCUT2D eigenvalue weighted by atomic mass is 10.0. The number of imidazole rings is 1. The molecule has 1 aliphatic heterocycles. The summed E-state index contributed by atoms with van der Waals surface area (Å²) in [4.78, 5) is 28.9. The van der Waals surface area contributed by atoms with E-state index in [1.165, 1.54) is 5.56 Å². The minimum atomic E-state index is 0. The first-order valence-electron chi connectivity index (χ1n) is 10.5. The zero-order valence-electron chi connectivity index (χ0n) is 18.4. The lowest BCUT2D eigenvalue weighted by Crippen LogP contribution is -2.46. The first-order valence-corrected chi connectivity index (χ1v) is 10.5. The molecule has 0 saturated carbocycles. The van der Waals surface area contributed by atoms with Crippen LogP contribution in [0.25, 0.3) is 11.3 Å². The van der Waals surface area contributed by atoms with Crippen LogP contribution in [0.15, 0.2) is 65.8 Å². The lowest BCUT2D eigenvalue weighted by molar-refractivity contribution is -0.117. The highest BCUT2D eigenvalue weighted by molar-refractivity contribution is 14.0. The minimum Gasteiger partial charge on any atom is -0.347 e. The fourth-order valence-electron chi connectivity index (χ4n) is 3.93. The van der Waals surface area contributed by atoms with Crippen LogP contribution in [0.4, 0.5) is 5.69 Å². The van der Waals surface area contributed by atoms with Crippen LogP contribution in [0.2, 0.25) is 0 Å². The second-order valence-corrected chi connectivity index (χ2v) is 7.64. The van der Waals surface area contributed by atoms with Crippen molar-refractivity contribution in [3.05, 3.63) is 72.2 Å². The second-order valence-electron chi connectivity index (χ2n) is 7.64. The molecule has 1 aliphatic rings. The monoisotopic (exact) mass is 544 g/mol. The fraction of sp³-hybridized carbons (Fsp3) is 0.292. The Hall–Kier alpha value is -2.88. The van der Waals surface area contributed by atoms with Crippen LogP contribution in [0.3, 0.4) is 0 Å². The summed E-state index contributed by atoms with van der Waals surface area (Å²) in [5.74, 6) is 1.53. The Bertz CT molecular complexity index is 1070. The van der Waals surface area contributed by atoms with E-state index in [9.17, 15) is 4.79 Å². The quantitative estimate of drug-likeness (QED) is 0.292. The van der Waals surface area contributed by atoms with Gasteiger partial charge in [-0.1, -0.05) is 48.5 Å². The van der Waals surface area contributed by atoms with Crippen LogP contribution in [0.1, 0.15) is 17.8 Å². The largest absolute Gasteiger partial charge is 0.347 e. The topological polar surface area (TPSA) is 76.6 Å². The fourth-order valence-corrected chi connectivity index (χ4v) is 3.93. The molecule has 1 aromatic heterocycles. The third-order valence-electron chi connectivity index (χ3n) is 5.48. The standard InChI is InChI=1S/C24H28N6O.HI/c1-25-24(27-16-23(31)30-14-8-12-19-11-6-7-13-21(19)30)29(2)17-22-26-15-20(28-22)18-9-4-3-5-10-18;/h3-7,9-11,13,15H,8,12,14,16-17H2,1-2H3,(H,25,27)(H,26,28);1H. The van der Waals surface area contributed by atoms with Crippen LogP contribution in [-0.4, -0.2) is 53.9 Å². The number of aryl methyl sites for hydroxylation is 1. The molecule has 2 heterocycles. The normalized spacial score (nSPS) is 13.2. The highest BCUT2D eigenvalue weighted by Gasteiger charge is 2.22. The van der Waals surface area contributed by atoms with E-state index in [2.05, 4.69) is 26.3 Å². The first-order chi connectivity index (χ1) is 15.2. The van der Waals surface area contributed by atoms with E-state index in [0.29, 0.717) is 12.5 Å². The van der Waals surface area contributed by atoms with Crippen molar-refractivity contribution in [1.29, 1.82) is 0 Å². The molecule has 3 aromatic rings. The molecule has 2 aromatic carbocycles. The Kier molecular flexibility index (Phi) is 8.26. The summed E-state index contributed by atoms with van der Waals surface area (Å²) in [6.07, 6.45) is 3.84. The average molecular weight is 544 g/mol. The molecule has 7 nitrogen and oxygen atoms in total. The van der Waals surface area contributed by atoms with Gasteiger partial charge in [0, 0.05) is 26.3 Å². The van der Waals surface area contributed by atoms with Gasteiger partial charge < -0.3 is 20.1 Å². The number of carbonyl (C=O) groups is 1. The summed E-state index contributed by atoms with van der Waals surface area (Å²) < 4.78 is 0. The number of guanidine groups is 1. The van der Waals surface area contributed by atoms with Crippen molar-refractivity contribution in [2.45, 2.75) is 19.4 Å². The predicted octanol–water partition coefficient (Wildman–Crippen LogP) is 3.68. The number of nitrogens with one attached hydrogen (secondary N) is 2. The zero-order chi connectivity index (χ0) is 21.6. The van der Waals surface area contributed by atoms with Gasteiger partial charge >= 0.3 is 0 Å². The molecule has 0 spiro atoms. The number of nitrogens with zero attached hydrogens (tertiary/aromatic N) is 4. The maximum absolute atomic E-state index is 12.9. The van der Waals surface area contributed by atoms with E-state index in [0.717, 1.165) is 42.2 Å². The van der Waals surface area contributed by atoms with Gasteiger partial charge in [-0.15, -0.1) is 24.0 Å². The second kappa shape index (κ2) is 11.1. The Morgan fingerprint density at radius 3 is 2.72 bits per heavy atom. The number of carbonyl (C=O) groups excluding carboxylic acids is 1. The summed E-state index contributed by atoms with van der Waals surface area (Å²) in [5.41, 5.74) is 4.33. The molecular weight excluding hydrogens is 515 g/mol. The number of benzene rings is 2. The molecule has 2 N–H and O–H groups in total. The van der Waals surface area contributed by atoms with Gasteiger partial charge in [0.1, 0.15) is 5.82 Å². The van der Waals surface area contributed by atoms with Crippen molar-refractivity contribution in [1.82, 2.24) is 20.2 Å². The number of amides is 1. The lowest BCUT2D eigenvalue weighted by Gasteiger charge is -2.30. The number of rotatable bonds is 5. The molecule has 8 heteroatoms. The van der Waals surface area contributed by atoms with Crippen molar-refractivity contribution in [3.8, 4) is 11.3 Å². The number of hydrogen-bond donors (Lipinski definition) is 2.